The van der Waals surface area contributed by atoms with Crippen LogP contribution in [0, 0.1) is 0 Å². The fourth-order valence-electron chi connectivity index (χ4n) is 1.10. The van der Waals surface area contributed by atoms with Gasteiger partial charge in [-0.3, -0.25) is 0 Å². The molecule has 0 aliphatic carbocycles. The third kappa shape index (κ3) is 5.64. The normalized spacial score (nSPS) is 9.31. The zero-order valence-corrected chi connectivity index (χ0v) is 8.52. The third-order valence-electron chi connectivity index (χ3n) is 1.75. The van der Waals surface area contributed by atoms with Crippen LogP contribution >= 0.6 is 12.4 Å². The van der Waals surface area contributed by atoms with Crippen molar-refractivity contribution in [2.75, 3.05) is 19.6 Å². The van der Waals surface area contributed by atoms with E-state index in [0.717, 1.165) is 26.1 Å². The summed E-state index contributed by atoms with van der Waals surface area (Å²) in [6.07, 6.45) is 1.08. The van der Waals surface area contributed by atoms with Crippen LogP contribution in [0.15, 0.2) is 30.3 Å². The van der Waals surface area contributed by atoms with Crippen molar-refractivity contribution in [2.24, 2.45) is 5.73 Å². The minimum absolute atomic E-state index is 0. The van der Waals surface area contributed by atoms with Gasteiger partial charge >= 0.3 is 0 Å². The molecular formula is C10H17ClN2. The molecule has 0 aromatic heterocycles. The van der Waals surface area contributed by atoms with Crippen LogP contribution in [0.3, 0.4) is 0 Å². The number of benzene rings is 1. The first-order valence-corrected chi connectivity index (χ1v) is 4.38. The van der Waals surface area contributed by atoms with E-state index in [2.05, 4.69) is 29.6 Å². The summed E-state index contributed by atoms with van der Waals surface area (Å²) < 4.78 is 0. The third-order valence-corrected chi connectivity index (χ3v) is 1.75. The monoisotopic (exact) mass is 200 g/mol. The Bertz CT molecular complexity index is 201. The second kappa shape index (κ2) is 8.05. The van der Waals surface area contributed by atoms with Crippen LogP contribution in [0.2, 0.25) is 0 Å². The van der Waals surface area contributed by atoms with Gasteiger partial charge in [-0.2, -0.15) is 0 Å². The average molecular weight is 201 g/mol. The summed E-state index contributed by atoms with van der Waals surface area (Å²) in [5.41, 5.74) is 6.72. The first-order valence-electron chi connectivity index (χ1n) is 4.38. The van der Waals surface area contributed by atoms with Crippen molar-refractivity contribution in [1.82, 2.24) is 5.32 Å². The standard InChI is InChI=1S/C10H16N2.ClH/c11-7-9-12-8-6-10-4-2-1-3-5-10;/h1-5,12H,6-9,11H2;1H. The highest BCUT2D eigenvalue weighted by Gasteiger charge is 1.89. The Hall–Kier alpha value is -0.570. The van der Waals surface area contributed by atoms with Gasteiger partial charge in [-0.05, 0) is 18.5 Å². The second-order valence-electron chi connectivity index (χ2n) is 2.77. The van der Waals surface area contributed by atoms with Gasteiger partial charge in [0.25, 0.3) is 0 Å². The van der Waals surface area contributed by atoms with Crippen LogP contribution in [-0.2, 0) is 6.42 Å². The van der Waals surface area contributed by atoms with Crippen LogP contribution in [-0.4, -0.2) is 19.6 Å². The molecule has 3 N–H and O–H groups in total. The van der Waals surface area contributed by atoms with Crippen molar-refractivity contribution in [3.05, 3.63) is 35.9 Å². The first kappa shape index (κ1) is 12.4. The van der Waals surface area contributed by atoms with E-state index in [0.29, 0.717) is 0 Å². The van der Waals surface area contributed by atoms with E-state index in [1.54, 1.807) is 0 Å². The van der Waals surface area contributed by atoms with Gasteiger partial charge in [0.05, 0.1) is 0 Å². The lowest BCUT2D eigenvalue weighted by molar-refractivity contribution is 0.689. The number of rotatable bonds is 5. The number of halogens is 1. The molecule has 0 aliphatic rings. The number of nitrogens with one attached hydrogen (secondary N) is 1. The molecule has 1 rings (SSSR count). The molecule has 0 heterocycles. The molecule has 3 heteroatoms. The Balaban J connectivity index is 0.00000144. The van der Waals surface area contributed by atoms with Crippen LogP contribution in [0.25, 0.3) is 0 Å². The Labute approximate surface area is 85.9 Å². The van der Waals surface area contributed by atoms with E-state index >= 15 is 0 Å². The molecule has 2 nitrogen and oxygen atoms in total. The van der Waals surface area contributed by atoms with E-state index in [4.69, 9.17) is 5.73 Å². The Morgan fingerprint density at radius 3 is 2.38 bits per heavy atom. The van der Waals surface area contributed by atoms with Crippen molar-refractivity contribution < 1.29 is 0 Å². The van der Waals surface area contributed by atoms with Crippen LogP contribution < -0.4 is 11.1 Å². The molecule has 0 spiro atoms. The number of hydrogen-bond acceptors (Lipinski definition) is 2. The topological polar surface area (TPSA) is 38.0 Å². The average Bonchev–Trinajstić information content (AvgIpc) is 2.14. The summed E-state index contributed by atoms with van der Waals surface area (Å²) in [6.45, 7) is 2.64. The first-order chi connectivity index (χ1) is 5.93. The highest BCUT2D eigenvalue weighted by molar-refractivity contribution is 5.85. The summed E-state index contributed by atoms with van der Waals surface area (Å²) in [4.78, 5) is 0. The van der Waals surface area contributed by atoms with Gasteiger partial charge in [0.15, 0.2) is 0 Å². The van der Waals surface area contributed by atoms with E-state index in [-0.39, 0.29) is 12.4 Å². The molecule has 0 atom stereocenters. The maximum Gasteiger partial charge on any atom is 0.00746 e. The van der Waals surface area contributed by atoms with Crippen molar-refractivity contribution in [2.45, 2.75) is 6.42 Å². The predicted octanol–water partition coefficient (Wildman–Crippen LogP) is 1.20. The second-order valence-corrected chi connectivity index (χ2v) is 2.77. The molecule has 0 aliphatic heterocycles. The number of nitrogens with two attached hydrogens (primary N) is 1. The smallest absolute Gasteiger partial charge is 0.00746 e. The van der Waals surface area contributed by atoms with Crippen molar-refractivity contribution in [3.63, 3.8) is 0 Å². The Morgan fingerprint density at radius 1 is 1.08 bits per heavy atom. The van der Waals surface area contributed by atoms with Crippen LogP contribution in [0.4, 0.5) is 0 Å². The Kier molecular flexibility index (Phi) is 7.69. The summed E-state index contributed by atoms with van der Waals surface area (Å²) in [7, 11) is 0. The lowest BCUT2D eigenvalue weighted by Crippen LogP contribution is -2.24. The molecule has 1 aromatic carbocycles. The fourth-order valence-corrected chi connectivity index (χ4v) is 1.10. The lowest BCUT2D eigenvalue weighted by atomic mass is 10.1. The molecule has 0 bridgehead atoms. The molecule has 0 radical (unpaired) electrons. The minimum Gasteiger partial charge on any atom is -0.329 e. The van der Waals surface area contributed by atoms with Gasteiger partial charge in [-0.15, -0.1) is 12.4 Å². The maximum absolute atomic E-state index is 5.35. The molecular weight excluding hydrogens is 184 g/mol. The van der Waals surface area contributed by atoms with Gasteiger partial charge in [-0.25, -0.2) is 0 Å². The van der Waals surface area contributed by atoms with Gasteiger partial charge in [0.2, 0.25) is 0 Å². The SMILES string of the molecule is Cl.NCCNCCc1ccccc1. The zero-order chi connectivity index (χ0) is 8.65. The predicted molar refractivity (Wildman–Crippen MR) is 59.3 cm³/mol. The highest BCUT2D eigenvalue weighted by Crippen LogP contribution is 1.97. The minimum atomic E-state index is 0. The molecule has 1 aromatic rings. The summed E-state index contributed by atoms with van der Waals surface area (Å²) in [5, 5.41) is 3.26. The summed E-state index contributed by atoms with van der Waals surface area (Å²) in [5.74, 6) is 0. The lowest BCUT2D eigenvalue weighted by Gasteiger charge is -2.02. The highest BCUT2D eigenvalue weighted by atomic mass is 35.5. The Morgan fingerprint density at radius 2 is 1.77 bits per heavy atom. The number of hydrogen-bond donors (Lipinski definition) is 2. The molecule has 0 unspecified atom stereocenters. The zero-order valence-electron chi connectivity index (χ0n) is 7.70. The van der Waals surface area contributed by atoms with E-state index in [1.807, 2.05) is 6.07 Å². The molecule has 0 amide bonds. The quantitative estimate of drug-likeness (QED) is 0.702. The van der Waals surface area contributed by atoms with E-state index in [1.165, 1.54) is 5.56 Å². The van der Waals surface area contributed by atoms with Crippen molar-refractivity contribution >= 4 is 12.4 Å². The van der Waals surface area contributed by atoms with Crippen molar-refractivity contribution in [1.29, 1.82) is 0 Å². The summed E-state index contributed by atoms with van der Waals surface area (Å²) >= 11 is 0. The largest absolute Gasteiger partial charge is 0.329 e. The van der Waals surface area contributed by atoms with Gasteiger partial charge in [0, 0.05) is 13.1 Å². The van der Waals surface area contributed by atoms with Gasteiger partial charge < -0.3 is 11.1 Å². The summed E-state index contributed by atoms with van der Waals surface area (Å²) in [6, 6.07) is 10.5. The van der Waals surface area contributed by atoms with Crippen molar-refractivity contribution in [3.8, 4) is 0 Å². The molecule has 74 valence electrons. The van der Waals surface area contributed by atoms with E-state index < -0.39 is 0 Å². The fraction of sp³-hybridized carbons (Fsp3) is 0.400. The molecule has 0 saturated carbocycles. The van der Waals surface area contributed by atoms with Gasteiger partial charge in [-0.1, -0.05) is 30.3 Å². The molecule has 0 saturated heterocycles. The van der Waals surface area contributed by atoms with Gasteiger partial charge in [0.1, 0.15) is 0 Å². The molecule has 13 heavy (non-hydrogen) atoms. The maximum atomic E-state index is 5.35. The van der Waals surface area contributed by atoms with E-state index in [9.17, 15) is 0 Å². The van der Waals surface area contributed by atoms with Crippen LogP contribution in [0.5, 0.6) is 0 Å². The molecule has 0 fully saturated rings. The van der Waals surface area contributed by atoms with Crippen LogP contribution in [0.1, 0.15) is 5.56 Å².